The molecule has 0 heterocycles. The number of carbonyl (C=O) groups is 3. The molecule has 2 atom stereocenters. The number of nitrogens with two attached hydrogens (primary N) is 1. The van der Waals surface area contributed by atoms with Gasteiger partial charge in [0.25, 0.3) is 5.91 Å². The fourth-order valence-corrected chi connectivity index (χ4v) is 2.45. The number of carbonyl (C=O) groups excluding carboxylic acids is 3. The topological polar surface area (TPSA) is 101 Å². The molecule has 152 valence electrons. The van der Waals surface area contributed by atoms with E-state index in [0.29, 0.717) is 6.42 Å². The van der Waals surface area contributed by atoms with Gasteiger partial charge >= 0.3 is 0 Å². The summed E-state index contributed by atoms with van der Waals surface area (Å²) in [4.78, 5) is 37.2. The van der Waals surface area contributed by atoms with Crippen molar-refractivity contribution in [1.29, 1.82) is 0 Å². The molecule has 0 radical (unpaired) electrons. The Balaban J connectivity index is 0.00000676. The molecule has 0 aliphatic heterocycles. The van der Waals surface area contributed by atoms with Crippen LogP contribution in [0.4, 0.5) is 0 Å². The summed E-state index contributed by atoms with van der Waals surface area (Å²) >= 11 is 0. The average Bonchev–Trinajstić information content (AvgIpc) is 2.57. The van der Waals surface area contributed by atoms with Crippen molar-refractivity contribution in [2.45, 2.75) is 71.0 Å². The highest BCUT2D eigenvalue weighted by Crippen LogP contribution is 2.07. The highest BCUT2D eigenvalue weighted by molar-refractivity contribution is 6.38. The van der Waals surface area contributed by atoms with E-state index in [1.165, 1.54) is 0 Å². The second kappa shape index (κ2) is 11.7. The van der Waals surface area contributed by atoms with E-state index in [-0.39, 0.29) is 18.8 Å². The fraction of sp³-hybridized carbons (Fsp3) is 0.550. The Bertz CT molecular complexity index is 615. The molecule has 27 heavy (non-hydrogen) atoms. The summed E-state index contributed by atoms with van der Waals surface area (Å²) in [6.07, 6.45) is 2.55. The minimum Gasteiger partial charge on any atom is -0.345 e. The van der Waals surface area contributed by atoms with E-state index >= 15 is 0 Å². The van der Waals surface area contributed by atoms with Crippen LogP contribution in [-0.4, -0.2) is 35.2 Å². The second-order valence-corrected chi connectivity index (χ2v) is 7.57. The SMILES string of the molecule is CCCC[C@H](N)C(=O)N[C@@H](Cc1ccccc1)C(=O)C(=O)NC(C)(C)C.Cl. The minimum atomic E-state index is -0.945. The van der Waals surface area contributed by atoms with Crippen molar-refractivity contribution in [2.24, 2.45) is 5.73 Å². The van der Waals surface area contributed by atoms with E-state index < -0.39 is 35.2 Å². The number of hydrogen-bond acceptors (Lipinski definition) is 4. The Morgan fingerprint density at radius 3 is 2.22 bits per heavy atom. The lowest BCUT2D eigenvalue weighted by Crippen LogP contribution is -2.54. The number of benzene rings is 1. The predicted molar refractivity (Wildman–Crippen MR) is 110 cm³/mol. The molecule has 6 nitrogen and oxygen atoms in total. The van der Waals surface area contributed by atoms with Crippen LogP contribution in [0.3, 0.4) is 0 Å². The van der Waals surface area contributed by atoms with Crippen LogP contribution in [0.15, 0.2) is 30.3 Å². The number of Topliss-reactive ketones (excluding diaryl/α,β-unsaturated/α-hetero) is 1. The molecule has 0 aliphatic carbocycles. The summed E-state index contributed by atoms with van der Waals surface area (Å²) in [5.74, 6) is -1.78. The van der Waals surface area contributed by atoms with Crippen LogP contribution in [0.2, 0.25) is 0 Å². The lowest BCUT2D eigenvalue weighted by Gasteiger charge is -2.23. The van der Waals surface area contributed by atoms with Gasteiger partial charge in [-0.15, -0.1) is 12.4 Å². The van der Waals surface area contributed by atoms with Crippen LogP contribution in [-0.2, 0) is 20.8 Å². The first kappa shape index (κ1) is 25.1. The summed E-state index contributed by atoms with van der Waals surface area (Å²) in [6.45, 7) is 7.40. The molecular weight excluding hydrogens is 366 g/mol. The lowest BCUT2D eigenvalue weighted by molar-refractivity contribution is -0.141. The molecule has 0 saturated heterocycles. The Morgan fingerprint density at radius 1 is 1.11 bits per heavy atom. The highest BCUT2D eigenvalue weighted by Gasteiger charge is 2.30. The molecule has 7 heteroatoms. The molecule has 1 aromatic carbocycles. The fourth-order valence-electron chi connectivity index (χ4n) is 2.45. The van der Waals surface area contributed by atoms with Crippen LogP contribution in [0.1, 0.15) is 52.5 Å². The molecule has 1 rings (SSSR count). The maximum Gasteiger partial charge on any atom is 0.290 e. The number of ketones is 1. The van der Waals surface area contributed by atoms with E-state index in [1.54, 1.807) is 20.8 Å². The second-order valence-electron chi connectivity index (χ2n) is 7.57. The molecule has 0 aromatic heterocycles. The van der Waals surface area contributed by atoms with Gasteiger partial charge in [-0.1, -0.05) is 50.1 Å². The zero-order chi connectivity index (χ0) is 19.7. The third-order valence-corrected chi connectivity index (χ3v) is 3.83. The normalized spacial score (nSPS) is 13.1. The molecule has 4 N–H and O–H groups in total. The summed E-state index contributed by atoms with van der Waals surface area (Å²) in [5.41, 5.74) is 6.22. The van der Waals surface area contributed by atoms with Gasteiger partial charge in [0, 0.05) is 12.0 Å². The number of amides is 2. The maximum absolute atomic E-state index is 12.6. The van der Waals surface area contributed by atoms with Crippen LogP contribution in [0, 0.1) is 0 Å². The molecule has 0 saturated carbocycles. The lowest BCUT2D eigenvalue weighted by atomic mass is 10.00. The average molecular weight is 398 g/mol. The van der Waals surface area contributed by atoms with Gasteiger partial charge in [-0.2, -0.15) is 0 Å². The smallest absolute Gasteiger partial charge is 0.290 e. The molecule has 0 aliphatic rings. The molecule has 2 amide bonds. The summed E-state index contributed by atoms with van der Waals surface area (Å²) in [6, 6.07) is 7.64. The third kappa shape index (κ3) is 9.54. The first-order valence-electron chi connectivity index (χ1n) is 9.10. The van der Waals surface area contributed by atoms with Gasteiger partial charge in [-0.3, -0.25) is 14.4 Å². The Kier molecular flexibility index (Phi) is 10.9. The van der Waals surface area contributed by atoms with Crippen molar-refractivity contribution in [3.8, 4) is 0 Å². The van der Waals surface area contributed by atoms with E-state index in [0.717, 1.165) is 18.4 Å². The molecule has 1 aromatic rings. The van der Waals surface area contributed by atoms with Gasteiger partial charge < -0.3 is 16.4 Å². The van der Waals surface area contributed by atoms with Crippen molar-refractivity contribution in [3.05, 3.63) is 35.9 Å². The van der Waals surface area contributed by atoms with Gasteiger partial charge in [-0.05, 0) is 32.8 Å². The Morgan fingerprint density at radius 2 is 1.70 bits per heavy atom. The van der Waals surface area contributed by atoms with Crippen molar-refractivity contribution in [2.75, 3.05) is 0 Å². The highest BCUT2D eigenvalue weighted by atomic mass is 35.5. The van der Waals surface area contributed by atoms with E-state index in [4.69, 9.17) is 5.73 Å². The number of unbranched alkanes of at least 4 members (excludes halogenated alkanes) is 1. The first-order chi connectivity index (χ1) is 12.1. The molecule has 0 unspecified atom stereocenters. The summed E-state index contributed by atoms with van der Waals surface area (Å²) in [5, 5.41) is 5.32. The number of hydrogen-bond donors (Lipinski definition) is 3. The largest absolute Gasteiger partial charge is 0.345 e. The van der Waals surface area contributed by atoms with Crippen LogP contribution >= 0.6 is 12.4 Å². The van der Waals surface area contributed by atoms with Gasteiger partial charge in [-0.25, -0.2) is 0 Å². The third-order valence-electron chi connectivity index (χ3n) is 3.83. The quantitative estimate of drug-likeness (QED) is 0.555. The molecule has 0 spiro atoms. The maximum atomic E-state index is 12.6. The number of halogens is 1. The zero-order valence-corrected chi connectivity index (χ0v) is 17.4. The van der Waals surface area contributed by atoms with Crippen LogP contribution in [0.5, 0.6) is 0 Å². The van der Waals surface area contributed by atoms with Crippen molar-refractivity contribution < 1.29 is 14.4 Å². The van der Waals surface area contributed by atoms with Crippen LogP contribution in [0.25, 0.3) is 0 Å². The molecule has 0 fully saturated rings. The van der Waals surface area contributed by atoms with Crippen molar-refractivity contribution >= 4 is 30.0 Å². The first-order valence-corrected chi connectivity index (χ1v) is 9.10. The van der Waals surface area contributed by atoms with E-state index in [1.807, 2.05) is 37.3 Å². The Hall–Kier alpha value is -1.92. The Labute approximate surface area is 168 Å². The minimum absolute atomic E-state index is 0. The molecule has 0 bridgehead atoms. The van der Waals surface area contributed by atoms with Crippen molar-refractivity contribution in [1.82, 2.24) is 10.6 Å². The number of nitrogens with one attached hydrogen (secondary N) is 2. The molecular formula is C20H32ClN3O3. The summed E-state index contributed by atoms with van der Waals surface area (Å²) < 4.78 is 0. The van der Waals surface area contributed by atoms with E-state index in [2.05, 4.69) is 10.6 Å². The monoisotopic (exact) mass is 397 g/mol. The van der Waals surface area contributed by atoms with Crippen molar-refractivity contribution in [3.63, 3.8) is 0 Å². The van der Waals surface area contributed by atoms with Crippen LogP contribution < -0.4 is 16.4 Å². The van der Waals surface area contributed by atoms with Gasteiger partial charge in [0.2, 0.25) is 11.7 Å². The van der Waals surface area contributed by atoms with E-state index in [9.17, 15) is 14.4 Å². The van der Waals surface area contributed by atoms with Gasteiger partial charge in [0.1, 0.15) is 6.04 Å². The van der Waals surface area contributed by atoms with Gasteiger partial charge in [0.05, 0.1) is 6.04 Å². The number of rotatable bonds is 9. The summed E-state index contributed by atoms with van der Waals surface area (Å²) in [7, 11) is 0. The van der Waals surface area contributed by atoms with Gasteiger partial charge in [0.15, 0.2) is 0 Å². The standard InChI is InChI=1S/C20H31N3O3.ClH/c1-5-6-12-15(21)18(25)22-16(13-14-10-8-7-9-11-14)17(24)19(26)23-20(2,3)4;/h7-11,15-16H,5-6,12-13,21H2,1-4H3,(H,22,25)(H,23,26);1H/t15-,16-;/m0./s1. The predicted octanol–water partition coefficient (Wildman–Crippen LogP) is 2.14. The zero-order valence-electron chi connectivity index (χ0n) is 16.6.